The summed E-state index contributed by atoms with van der Waals surface area (Å²) in [5.41, 5.74) is 1.02. The first-order chi connectivity index (χ1) is 13.1. The summed E-state index contributed by atoms with van der Waals surface area (Å²) < 4.78 is 8.55. The fourth-order valence-electron chi connectivity index (χ4n) is 4.27. The van der Waals surface area contributed by atoms with E-state index >= 15 is 0 Å². The molecular weight excluding hydrogens is 344 g/mol. The van der Waals surface area contributed by atoms with Crippen molar-refractivity contribution in [2.24, 2.45) is 13.0 Å². The van der Waals surface area contributed by atoms with Gasteiger partial charge in [0, 0.05) is 45.2 Å². The van der Waals surface area contributed by atoms with E-state index < -0.39 is 0 Å². The van der Waals surface area contributed by atoms with Crippen molar-refractivity contribution in [1.82, 2.24) is 19.7 Å². The number of rotatable bonds is 4. The lowest BCUT2D eigenvalue weighted by atomic mass is 9.74. The Hall–Kier alpha value is -2.41. The molecule has 0 bridgehead atoms. The zero-order valence-electron chi connectivity index (χ0n) is 15.7. The Morgan fingerprint density at radius 2 is 2.04 bits per heavy atom. The second-order valence-corrected chi connectivity index (χ2v) is 7.65. The van der Waals surface area contributed by atoms with Crippen molar-refractivity contribution in [3.63, 3.8) is 0 Å². The van der Waals surface area contributed by atoms with E-state index in [2.05, 4.69) is 22.5 Å². The van der Waals surface area contributed by atoms with Crippen molar-refractivity contribution in [2.45, 2.75) is 37.6 Å². The molecule has 7 nitrogen and oxygen atoms in total. The lowest BCUT2D eigenvalue weighted by molar-refractivity contribution is -0.126. The van der Waals surface area contributed by atoms with Gasteiger partial charge in [0.15, 0.2) is 0 Å². The maximum absolute atomic E-state index is 12.9. The van der Waals surface area contributed by atoms with Crippen molar-refractivity contribution in [3.05, 3.63) is 52.2 Å². The first kappa shape index (κ1) is 18.0. The van der Waals surface area contributed by atoms with Crippen LogP contribution in [-0.4, -0.2) is 40.0 Å². The Labute approximate surface area is 158 Å². The number of amides is 1. The van der Waals surface area contributed by atoms with Gasteiger partial charge >= 0.3 is 5.69 Å². The topological polar surface area (TPSA) is 78.2 Å². The van der Waals surface area contributed by atoms with Crippen LogP contribution in [0.15, 0.2) is 35.1 Å². The quantitative estimate of drug-likeness (QED) is 0.871. The third-order valence-corrected chi connectivity index (χ3v) is 6.01. The second kappa shape index (κ2) is 7.31. The molecule has 0 spiro atoms. The SMILES string of the molecule is Cn1nc2n(c1=O)CC(C(=O)NCC1(c3ccccc3)CCOCC1)CC2. The molecule has 0 saturated carbocycles. The van der Waals surface area contributed by atoms with E-state index in [1.54, 1.807) is 11.6 Å². The first-order valence-electron chi connectivity index (χ1n) is 9.63. The summed E-state index contributed by atoms with van der Waals surface area (Å²) >= 11 is 0. The Kier molecular flexibility index (Phi) is 4.86. The first-order valence-corrected chi connectivity index (χ1v) is 9.63. The van der Waals surface area contributed by atoms with Crippen molar-refractivity contribution in [1.29, 1.82) is 0 Å². The summed E-state index contributed by atoms with van der Waals surface area (Å²) in [5, 5.41) is 7.42. The van der Waals surface area contributed by atoms with Crippen LogP contribution in [-0.2, 0) is 35.0 Å². The van der Waals surface area contributed by atoms with Gasteiger partial charge < -0.3 is 10.1 Å². The van der Waals surface area contributed by atoms with Crippen LogP contribution in [0.5, 0.6) is 0 Å². The van der Waals surface area contributed by atoms with Crippen molar-refractivity contribution in [3.8, 4) is 0 Å². The van der Waals surface area contributed by atoms with Crippen LogP contribution >= 0.6 is 0 Å². The summed E-state index contributed by atoms with van der Waals surface area (Å²) in [7, 11) is 1.65. The van der Waals surface area contributed by atoms with Gasteiger partial charge in [-0.2, -0.15) is 5.10 Å². The predicted octanol–water partition coefficient (Wildman–Crippen LogP) is 1.01. The van der Waals surface area contributed by atoms with Gasteiger partial charge in [0.2, 0.25) is 5.91 Å². The monoisotopic (exact) mass is 370 g/mol. The normalized spacial score (nSPS) is 21.4. The fraction of sp³-hybridized carbons (Fsp3) is 0.550. The molecule has 27 heavy (non-hydrogen) atoms. The molecule has 1 amide bonds. The average molecular weight is 370 g/mol. The van der Waals surface area contributed by atoms with E-state index in [9.17, 15) is 9.59 Å². The molecule has 1 unspecified atom stereocenters. The van der Waals surface area contributed by atoms with Crippen LogP contribution in [0.3, 0.4) is 0 Å². The molecule has 2 aliphatic rings. The van der Waals surface area contributed by atoms with Gasteiger partial charge in [-0.15, -0.1) is 0 Å². The minimum atomic E-state index is -0.188. The summed E-state index contributed by atoms with van der Waals surface area (Å²) in [5.74, 6) is 0.613. The molecule has 1 saturated heterocycles. The van der Waals surface area contributed by atoms with Crippen LogP contribution < -0.4 is 11.0 Å². The van der Waals surface area contributed by atoms with E-state index in [1.807, 2.05) is 18.2 Å². The van der Waals surface area contributed by atoms with Crippen molar-refractivity contribution < 1.29 is 9.53 Å². The minimum Gasteiger partial charge on any atom is -0.381 e. The molecule has 144 valence electrons. The van der Waals surface area contributed by atoms with Gasteiger partial charge in [-0.3, -0.25) is 9.36 Å². The van der Waals surface area contributed by atoms with Gasteiger partial charge in [0.05, 0.1) is 5.92 Å². The Balaban J connectivity index is 1.46. The maximum atomic E-state index is 12.9. The molecule has 1 fully saturated rings. The van der Waals surface area contributed by atoms with E-state index in [0.717, 1.165) is 25.1 Å². The average Bonchev–Trinajstić information content (AvgIpc) is 3.01. The zero-order valence-corrected chi connectivity index (χ0v) is 15.7. The highest BCUT2D eigenvalue weighted by molar-refractivity contribution is 5.78. The number of hydrogen-bond acceptors (Lipinski definition) is 4. The van der Waals surface area contributed by atoms with Gasteiger partial charge in [-0.1, -0.05) is 30.3 Å². The number of nitrogens with zero attached hydrogens (tertiary/aromatic N) is 3. The second-order valence-electron chi connectivity index (χ2n) is 7.65. The largest absolute Gasteiger partial charge is 0.381 e. The number of benzene rings is 1. The molecule has 1 N–H and O–H groups in total. The van der Waals surface area contributed by atoms with Crippen LogP contribution in [0, 0.1) is 5.92 Å². The molecule has 1 aromatic heterocycles. The highest BCUT2D eigenvalue weighted by Crippen LogP contribution is 2.34. The molecule has 1 atom stereocenters. The molecule has 0 aliphatic carbocycles. The Bertz CT molecular complexity index is 865. The number of carbonyl (C=O) groups is 1. The number of carbonyl (C=O) groups excluding carboxylic acids is 1. The summed E-state index contributed by atoms with van der Waals surface area (Å²) in [6, 6.07) is 10.4. The molecule has 3 heterocycles. The van der Waals surface area contributed by atoms with Gasteiger partial charge in [-0.25, -0.2) is 9.48 Å². The molecule has 0 radical (unpaired) electrons. The van der Waals surface area contributed by atoms with E-state index in [-0.39, 0.29) is 22.9 Å². The smallest absolute Gasteiger partial charge is 0.345 e. The standard InChI is InChI=1S/C20H26N4O3/c1-23-19(26)24-13-15(7-8-17(24)22-23)18(25)21-14-20(9-11-27-12-10-20)16-5-3-2-4-6-16/h2-6,15H,7-14H2,1H3,(H,21,25). The Morgan fingerprint density at radius 3 is 2.78 bits per heavy atom. The summed E-state index contributed by atoms with van der Waals surface area (Å²) in [6.07, 6.45) is 3.18. The van der Waals surface area contributed by atoms with Crippen LogP contribution in [0.25, 0.3) is 0 Å². The molecule has 4 rings (SSSR count). The number of nitrogens with one attached hydrogen (secondary N) is 1. The minimum absolute atomic E-state index is 0.0261. The molecule has 1 aromatic carbocycles. The predicted molar refractivity (Wildman–Crippen MR) is 100 cm³/mol. The number of aromatic nitrogens is 3. The number of aryl methyl sites for hydroxylation is 2. The number of fused-ring (bicyclic) bond motifs is 1. The van der Waals surface area contributed by atoms with E-state index in [1.165, 1.54) is 10.2 Å². The molecule has 2 aromatic rings. The Morgan fingerprint density at radius 1 is 1.30 bits per heavy atom. The van der Waals surface area contributed by atoms with Crippen LogP contribution in [0.4, 0.5) is 0 Å². The molecular formula is C20H26N4O3. The third kappa shape index (κ3) is 3.43. The van der Waals surface area contributed by atoms with Crippen LogP contribution in [0.1, 0.15) is 30.7 Å². The van der Waals surface area contributed by atoms with E-state index in [4.69, 9.17) is 4.74 Å². The van der Waals surface area contributed by atoms with Gasteiger partial charge in [0.1, 0.15) is 5.82 Å². The highest BCUT2D eigenvalue weighted by atomic mass is 16.5. The molecule has 7 heteroatoms. The number of hydrogen-bond donors (Lipinski definition) is 1. The highest BCUT2D eigenvalue weighted by Gasteiger charge is 2.36. The zero-order chi connectivity index (χ0) is 18.9. The van der Waals surface area contributed by atoms with Gasteiger partial charge in [0.25, 0.3) is 0 Å². The third-order valence-electron chi connectivity index (χ3n) is 6.01. The summed E-state index contributed by atoms with van der Waals surface area (Å²) in [4.78, 5) is 25.0. The van der Waals surface area contributed by atoms with Crippen molar-refractivity contribution >= 4 is 5.91 Å². The number of ether oxygens (including phenoxy) is 1. The van der Waals surface area contributed by atoms with E-state index in [0.29, 0.717) is 32.7 Å². The van der Waals surface area contributed by atoms with Gasteiger partial charge in [-0.05, 0) is 24.8 Å². The fourth-order valence-corrected chi connectivity index (χ4v) is 4.27. The lowest BCUT2D eigenvalue weighted by Gasteiger charge is -2.38. The summed E-state index contributed by atoms with van der Waals surface area (Å²) in [6.45, 7) is 2.44. The molecule has 2 aliphatic heterocycles. The van der Waals surface area contributed by atoms with Crippen molar-refractivity contribution in [2.75, 3.05) is 19.8 Å². The maximum Gasteiger partial charge on any atom is 0.345 e. The lowest BCUT2D eigenvalue weighted by Crippen LogP contribution is -2.47. The van der Waals surface area contributed by atoms with Crippen LogP contribution in [0.2, 0.25) is 0 Å².